The lowest BCUT2D eigenvalue weighted by atomic mass is 10.3. The Morgan fingerprint density at radius 2 is 2.14 bits per heavy atom. The van der Waals surface area contributed by atoms with Gasteiger partial charge in [-0.25, -0.2) is 0 Å². The van der Waals surface area contributed by atoms with Gasteiger partial charge in [0.2, 0.25) is 0 Å². The molecule has 3 heteroatoms. The topological polar surface area (TPSA) is 40.5 Å². The summed E-state index contributed by atoms with van der Waals surface area (Å²) in [5.41, 5.74) is 0. The van der Waals surface area contributed by atoms with Crippen LogP contribution in [0.25, 0.3) is 0 Å². The van der Waals surface area contributed by atoms with Crippen molar-refractivity contribution in [3.63, 3.8) is 0 Å². The minimum atomic E-state index is -0.677. The number of hydrogen-bond donors (Lipinski definition) is 3. The summed E-state index contributed by atoms with van der Waals surface area (Å²) in [5, 5.41) is 16.7. The zero-order chi connectivity index (χ0) is 5.86. The fourth-order valence-electron chi connectivity index (χ4n) is 0.153. The van der Waals surface area contributed by atoms with Crippen LogP contribution in [0.15, 0.2) is 0 Å². The van der Waals surface area contributed by atoms with Gasteiger partial charge in [-0.15, -0.1) is 0 Å². The first-order chi connectivity index (χ1) is 3.18. The number of aliphatic hydroxyl groups is 2. The van der Waals surface area contributed by atoms with Crippen LogP contribution in [0, 0.1) is 0 Å². The first kappa shape index (κ1) is 7.27. The van der Waals surface area contributed by atoms with E-state index >= 15 is 0 Å². The number of hydrogen-bond acceptors (Lipinski definition) is 3. The molecule has 0 spiro atoms. The van der Waals surface area contributed by atoms with E-state index < -0.39 is 6.10 Å². The van der Waals surface area contributed by atoms with Gasteiger partial charge in [0.15, 0.2) is 0 Å². The normalized spacial score (nSPS) is 18.9. The molecule has 0 amide bonds. The van der Waals surface area contributed by atoms with Crippen LogP contribution in [0.5, 0.6) is 0 Å². The van der Waals surface area contributed by atoms with Crippen molar-refractivity contribution in [1.29, 1.82) is 0 Å². The Morgan fingerprint density at radius 1 is 1.71 bits per heavy atom. The highest BCUT2D eigenvalue weighted by Crippen LogP contribution is 1.97. The van der Waals surface area contributed by atoms with Gasteiger partial charge < -0.3 is 10.2 Å². The van der Waals surface area contributed by atoms with Crippen molar-refractivity contribution < 1.29 is 10.2 Å². The number of thiol groups is 1. The summed E-state index contributed by atoms with van der Waals surface area (Å²) in [4.78, 5) is 0. The predicted octanol–water partition coefficient (Wildman–Crippen LogP) is -0.342. The van der Waals surface area contributed by atoms with E-state index in [2.05, 4.69) is 12.6 Å². The Bertz CT molecular complexity index is 47.0. The fraction of sp³-hybridized carbons (Fsp3) is 1.00. The molecule has 7 heavy (non-hydrogen) atoms. The van der Waals surface area contributed by atoms with Crippen molar-refractivity contribution in [3.05, 3.63) is 0 Å². The third-order valence-electron chi connectivity index (χ3n) is 0.744. The van der Waals surface area contributed by atoms with Gasteiger partial charge in [0, 0.05) is 5.25 Å². The quantitative estimate of drug-likeness (QED) is 0.438. The zero-order valence-corrected chi connectivity index (χ0v) is 5.10. The van der Waals surface area contributed by atoms with Crippen molar-refractivity contribution in [1.82, 2.24) is 0 Å². The molecular formula is C4H10O2S. The van der Waals surface area contributed by atoms with Crippen molar-refractivity contribution >= 4 is 12.6 Å². The molecule has 2 N–H and O–H groups in total. The SMILES string of the molecule is CC(S)C(O)CO. The maximum Gasteiger partial charge on any atom is 0.0883 e. The van der Waals surface area contributed by atoms with Crippen molar-refractivity contribution in [2.75, 3.05) is 6.61 Å². The van der Waals surface area contributed by atoms with Crippen LogP contribution in [-0.2, 0) is 0 Å². The lowest BCUT2D eigenvalue weighted by Crippen LogP contribution is -2.21. The lowest BCUT2D eigenvalue weighted by molar-refractivity contribution is 0.0969. The highest BCUT2D eigenvalue weighted by Gasteiger charge is 2.05. The maximum absolute atomic E-state index is 8.61. The average Bonchev–Trinajstić information content (AvgIpc) is 1.65. The molecule has 0 aromatic heterocycles. The van der Waals surface area contributed by atoms with Gasteiger partial charge in [0.05, 0.1) is 12.7 Å². The zero-order valence-electron chi connectivity index (χ0n) is 4.20. The molecule has 0 radical (unpaired) electrons. The van der Waals surface area contributed by atoms with Crippen LogP contribution in [0.4, 0.5) is 0 Å². The van der Waals surface area contributed by atoms with Crippen molar-refractivity contribution in [2.45, 2.75) is 18.3 Å². The summed E-state index contributed by atoms with van der Waals surface area (Å²) in [6.07, 6.45) is -0.677. The third kappa shape index (κ3) is 2.91. The van der Waals surface area contributed by atoms with Gasteiger partial charge >= 0.3 is 0 Å². The molecule has 0 aliphatic rings. The van der Waals surface area contributed by atoms with Gasteiger partial charge in [-0.05, 0) is 0 Å². The van der Waals surface area contributed by atoms with E-state index in [1.54, 1.807) is 6.92 Å². The Labute approximate surface area is 48.6 Å². The van der Waals surface area contributed by atoms with Gasteiger partial charge in [-0.2, -0.15) is 12.6 Å². The first-order valence-electron chi connectivity index (χ1n) is 2.15. The molecule has 2 unspecified atom stereocenters. The molecule has 0 saturated carbocycles. The van der Waals surface area contributed by atoms with E-state index in [1.165, 1.54) is 0 Å². The first-order valence-corrected chi connectivity index (χ1v) is 2.67. The van der Waals surface area contributed by atoms with Crippen LogP contribution in [0.1, 0.15) is 6.92 Å². The van der Waals surface area contributed by atoms with E-state index in [0.29, 0.717) is 0 Å². The Hall–Kier alpha value is 0.270. The maximum atomic E-state index is 8.61. The highest BCUT2D eigenvalue weighted by molar-refractivity contribution is 7.81. The van der Waals surface area contributed by atoms with Crippen LogP contribution >= 0.6 is 12.6 Å². The minimum absolute atomic E-state index is 0.134. The molecule has 0 aromatic rings. The van der Waals surface area contributed by atoms with Crippen LogP contribution in [-0.4, -0.2) is 28.2 Å². The summed E-state index contributed by atoms with van der Waals surface area (Å²) in [6, 6.07) is 0. The third-order valence-corrected chi connectivity index (χ3v) is 1.09. The largest absolute Gasteiger partial charge is 0.394 e. The van der Waals surface area contributed by atoms with Crippen LogP contribution < -0.4 is 0 Å². The van der Waals surface area contributed by atoms with Crippen LogP contribution in [0.2, 0.25) is 0 Å². The summed E-state index contributed by atoms with van der Waals surface area (Å²) in [5.74, 6) is 0. The smallest absolute Gasteiger partial charge is 0.0883 e. The molecule has 0 bridgehead atoms. The summed E-state index contributed by atoms with van der Waals surface area (Å²) < 4.78 is 0. The Balaban J connectivity index is 3.14. The molecule has 2 nitrogen and oxygen atoms in total. The average molecular weight is 122 g/mol. The monoisotopic (exact) mass is 122 g/mol. The summed E-state index contributed by atoms with van der Waals surface area (Å²) >= 11 is 3.86. The van der Waals surface area contributed by atoms with Gasteiger partial charge in [0.1, 0.15) is 0 Å². The van der Waals surface area contributed by atoms with Crippen LogP contribution in [0.3, 0.4) is 0 Å². The Kier molecular flexibility index (Phi) is 3.42. The second-order valence-electron chi connectivity index (χ2n) is 1.49. The lowest BCUT2D eigenvalue weighted by Gasteiger charge is -2.07. The van der Waals surface area contributed by atoms with Crippen molar-refractivity contribution in [2.24, 2.45) is 0 Å². The number of aliphatic hydroxyl groups excluding tert-OH is 2. The molecule has 0 rings (SSSR count). The molecule has 44 valence electrons. The van der Waals surface area contributed by atoms with Crippen molar-refractivity contribution in [3.8, 4) is 0 Å². The van der Waals surface area contributed by atoms with Gasteiger partial charge in [-0.1, -0.05) is 6.92 Å². The summed E-state index contributed by atoms with van der Waals surface area (Å²) in [6.45, 7) is 1.52. The highest BCUT2D eigenvalue weighted by atomic mass is 32.1. The molecule has 0 aliphatic heterocycles. The molecule has 0 heterocycles. The molecule has 2 atom stereocenters. The standard InChI is InChI=1S/C4H10O2S/c1-3(7)4(6)2-5/h3-7H,2H2,1H3. The van der Waals surface area contributed by atoms with E-state index in [0.717, 1.165) is 0 Å². The molecule has 0 aromatic carbocycles. The molecule has 0 aliphatic carbocycles. The van der Waals surface area contributed by atoms with Gasteiger partial charge in [-0.3, -0.25) is 0 Å². The number of rotatable bonds is 2. The Morgan fingerprint density at radius 3 is 2.14 bits per heavy atom. The second-order valence-corrected chi connectivity index (χ2v) is 2.31. The summed E-state index contributed by atoms with van der Waals surface area (Å²) in [7, 11) is 0. The molecule has 0 fully saturated rings. The predicted molar refractivity (Wildman–Crippen MR) is 31.5 cm³/mol. The van der Waals surface area contributed by atoms with E-state index in [1.807, 2.05) is 0 Å². The second kappa shape index (κ2) is 3.29. The minimum Gasteiger partial charge on any atom is -0.394 e. The molecule has 0 saturated heterocycles. The fourth-order valence-corrected chi connectivity index (χ4v) is 0.247. The van der Waals surface area contributed by atoms with E-state index in [-0.39, 0.29) is 11.9 Å². The van der Waals surface area contributed by atoms with E-state index in [9.17, 15) is 0 Å². The molecular weight excluding hydrogens is 112 g/mol. The van der Waals surface area contributed by atoms with Gasteiger partial charge in [0.25, 0.3) is 0 Å². The van der Waals surface area contributed by atoms with E-state index in [4.69, 9.17) is 10.2 Å².